The van der Waals surface area contributed by atoms with Crippen LogP contribution in [0.5, 0.6) is 5.75 Å². The van der Waals surface area contributed by atoms with E-state index in [-0.39, 0.29) is 11.5 Å². The average Bonchev–Trinajstić information content (AvgIpc) is 2.96. The number of cyclic esters (lactones) is 1. The van der Waals surface area contributed by atoms with Gasteiger partial charge < -0.3 is 9.47 Å². The van der Waals surface area contributed by atoms with Crippen molar-refractivity contribution >= 4 is 17.9 Å². The van der Waals surface area contributed by atoms with E-state index in [0.29, 0.717) is 18.1 Å². The molecule has 0 N–H and O–H groups in total. The minimum absolute atomic E-state index is 0.226. The third kappa shape index (κ3) is 3.94. The van der Waals surface area contributed by atoms with Gasteiger partial charge in [0, 0.05) is 12.0 Å². The molecule has 0 fully saturated rings. The van der Waals surface area contributed by atoms with E-state index < -0.39 is 5.97 Å². The van der Waals surface area contributed by atoms with Crippen LogP contribution in [0.2, 0.25) is 0 Å². The second-order valence-corrected chi connectivity index (χ2v) is 5.66. The maximum absolute atomic E-state index is 13.0. The fourth-order valence-electron chi connectivity index (χ4n) is 2.57. The first-order valence-electron chi connectivity index (χ1n) is 8.02. The molecule has 0 amide bonds. The molecule has 128 valence electrons. The zero-order valence-corrected chi connectivity index (χ0v) is 14.1. The van der Waals surface area contributed by atoms with E-state index in [2.05, 4.69) is 11.9 Å². The minimum Gasteiger partial charge on any atom is -0.496 e. The van der Waals surface area contributed by atoms with Crippen LogP contribution >= 0.6 is 0 Å². The van der Waals surface area contributed by atoms with Crippen molar-refractivity contribution in [2.45, 2.75) is 19.8 Å². The Balaban J connectivity index is 1.87. The molecule has 5 heteroatoms. The number of carbonyl (C=O) groups is 1. The lowest BCUT2D eigenvalue weighted by atomic mass is 10.1. The molecule has 0 atom stereocenters. The van der Waals surface area contributed by atoms with E-state index in [1.807, 2.05) is 18.2 Å². The quantitative estimate of drug-likeness (QED) is 0.612. The van der Waals surface area contributed by atoms with Gasteiger partial charge in [-0.15, -0.1) is 0 Å². The van der Waals surface area contributed by atoms with Gasteiger partial charge in [0.15, 0.2) is 5.70 Å². The Morgan fingerprint density at radius 3 is 2.56 bits per heavy atom. The highest BCUT2D eigenvalue weighted by atomic mass is 19.1. The van der Waals surface area contributed by atoms with Crippen LogP contribution in [-0.2, 0) is 22.4 Å². The number of carbonyl (C=O) groups excluding carboxylic acids is 1. The van der Waals surface area contributed by atoms with Gasteiger partial charge in [0.2, 0.25) is 5.90 Å². The van der Waals surface area contributed by atoms with E-state index in [4.69, 9.17) is 9.47 Å². The molecule has 1 aliphatic heterocycles. The largest absolute Gasteiger partial charge is 0.496 e. The van der Waals surface area contributed by atoms with Gasteiger partial charge in [-0.3, -0.25) is 0 Å². The van der Waals surface area contributed by atoms with Crippen molar-refractivity contribution in [3.63, 3.8) is 0 Å². The molecule has 0 saturated carbocycles. The number of aryl methyl sites for hydroxylation is 1. The first-order valence-corrected chi connectivity index (χ1v) is 8.02. The summed E-state index contributed by atoms with van der Waals surface area (Å²) in [6.45, 7) is 2.06. The monoisotopic (exact) mass is 339 g/mol. The number of hydrogen-bond donors (Lipinski definition) is 0. The number of ether oxygens (including phenoxy) is 2. The zero-order valence-electron chi connectivity index (χ0n) is 14.1. The van der Waals surface area contributed by atoms with Crippen LogP contribution in [-0.4, -0.2) is 19.0 Å². The molecule has 0 aliphatic carbocycles. The predicted octanol–water partition coefficient (Wildman–Crippen LogP) is 3.94. The van der Waals surface area contributed by atoms with Gasteiger partial charge in [0.05, 0.1) is 7.11 Å². The summed E-state index contributed by atoms with van der Waals surface area (Å²) < 4.78 is 23.5. The number of hydrogen-bond acceptors (Lipinski definition) is 4. The molecular weight excluding hydrogens is 321 g/mol. The Bertz CT molecular complexity index is 854. The molecule has 2 aromatic rings. The Labute approximate surface area is 145 Å². The molecule has 0 saturated heterocycles. The van der Waals surface area contributed by atoms with Crippen LogP contribution in [0.25, 0.3) is 6.08 Å². The third-order valence-electron chi connectivity index (χ3n) is 3.93. The molecule has 1 heterocycles. The summed E-state index contributed by atoms with van der Waals surface area (Å²) in [4.78, 5) is 16.4. The Kier molecular flexibility index (Phi) is 4.93. The predicted molar refractivity (Wildman–Crippen MR) is 94.0 cm³/mol. The lowest BCUT2D eigenvalue weighted by Gasteiger charge is -2.06. The first kappa shape index (κ1) is 16.9. The SMILES string of the molecule is CCc1ccc(OC)c(/C=C2/N=C(Cc3ccc(F)cc3)OC2=O)c1. The van der Waals surface area contributed by atoms with Crippen molar-refractivity contribution in [3.05, 3.63) is 70.7 Å². The summed E-state index contributed by atoms with van der Waals surface area (Å²) in [5.41, 5.74) is 2.96. The normalized spacial score (nSPS) is 15.2. The van der Waals surface area contributed by atoms with Gasteiger partial charge >= 0.3 is 5.97 Å². The topological polar surface area (TPSA) is 47.9 Å². The van der Waals surface area contributed by atoms with Crippen molar-refractivity contribution in [2.75, 3.05) is 7.11 Å². The lowest BCUT2D eigenvalue weighted by Crippen LogP contribution is -2.06. The van der Waals surface area contributed by atoms with Gasteiger partial charge in [-0.05, 0) is 47.9 Å². The van der Waals surface area contributed by atoms with Crippen LogP contribution in [0, 0.1) is 5.82 Å². The number of halogens is 1. The summed E-state index contributed by atoms with van der Waals surface area (Å²) in [5.74, 6) is 0.159. The van der Waals surface area contributed by atoms with Crippen LogP contribution < -0.4 is 4.74 Å². The second-order valence-electron chi connectivity index (χ2n) is 5.66. The van der Waals surface area contributed by atoms with E-state index in [9.17, 15) is 9.18 Å². The fraction of sp³-hybridized carbons (Fsp3) is 0.200. The molecule has 25 heavy (non-hydrogen) atoms. The first-order chi connectivity index (χ1) is 12.1. The van der Waals surface area contributed by atoms with E-state index >= 15 is 0 Å². The highest BCUT2D eigenvalue weighted by Gasteiger charge is 2.23. The van der Waals surface area contributed by atoms with Crippen LogP contribution in [0.1, 0.15) is 23.6 Å². The highest BCUT2D eigenvalue weighted by molar-refractivity contribution is 6.07. The molecule has 0 radical (unpaired) electrons. The standard InChI is InChI=1S/C20H18FNO3/c1-3-13-6-9-18(24-2)15(10-13)12-17-20(23)25-19(22-17)11-14-4-7-16(21)8-5-14/h4-10,12H,3,11H2,1-2H3/b17-12+. The zero-order chi connectivity index (χ0) is 17.8. The van der Waals surface area contributed by atoms with Crippen LogP contribution in [0.15, 0.2) is 53.2 Å². The fourth-order valence-corrected chi connectivity index (χ4v) is 2.57. The molecule has 0 bridgehead atoms. The summed E-state index contributed by atoms with van der Waals surface area (Å²) in [6, 6.07) is 11.8. The summed E-state index contributed by atoms with van der Waals surface area (Å²) >= 11 is 0. The number of esters is 1. The van der Waals surface area contributed by atoms with Crippen molar-refractivity contribution in [2.24, 2.45) is 4.99 Å². The minimum atomic E-state index is -0.499. The smallest absolute Gasteiger partial charge is 0.363 e. The third-order valence-corrected chi connectivity index (χ3v) is 3.93. The van der Waals surface area contributed by atoms with Crippen molar-refractivity contribution in [1.29, 1.82) is 0 Å². The number of aliphatic imine (C=N–C) groups is 1. The Morgan fingerprint density at radius 2 is 1.88 bits per heavy atom. The van der Waals surface area contributed by atoms with Crippen LogP contribution in [0.4, 0.5) is 4.39 Å². The maximum Gasteiger partial charge on any atom is 0.363 e. The molecule has 3 rings (SSSR count). The van der Waals surface area contributed by atoms with E-state index in [1.54, 1.807) is 25.3 Å². The number of benzene rings is 2. The van der Waals surface area contributed by atoms with Crippen molar-refractivity contribution < 1.29 is 18.7 Å². The Hall–Kier alpha value is -2.95. The molecule has 0 unspecified atom stereocenters. The van der Waals surface area contributed by atoms with Gasteiger partial charge in [-0.2, -0.15) is 0 Å². The molecule has 0 spiro atoms. The van der Waals surface area contributed by atoms with Crippen molar-refractivity contribution in [3.8, 4) is 5.75 Å². The van der Waals surface area contributed by atoms with Crippen molar-refractivity contribution in [1.82, 2.24) is 0 Å². The average molecular weight is 339 g/mol. The van der Waals surface area contributed by atoms with Gasteiger partial charge in [0.25, 0.3) is 0 Å². The number of rotatable bonds is 5. The summed E-state index contributed by atoms with van der Waals surface area (Å²) in [6.07, 6.45) is 2.87. The number of nitrogens with zero attached hydrogens (tertiary/aromatic N) is 1. The molecule has 2 aromatic carbocycles. The lowest BCUT2D eigenvalue weighted by molar-refractivity contribution is -0.130. The van der Waals surface area contributed by atoms with Gasteiger partial charge in [-0.1, -0.05) is 25.1 Å². The van der Waals surface area contributed by atoms with Gasteiger partial charge in [0.1, 0.15) is 11.6 Å². The van der Waals surface area contributed by atoms with E-state index in [1.165, 1.54) is 12.1 Å². The number of methoxy groups -OCH3 is 1. The second kappa shape index (κ2) is 7.30. The Morgan fingerprint density at radius 1 is 1.16 bits per heavy atom. The molecule has 1 aliphatic rings. The summed E-state index contributed by atoms with van der Waals surface area (Å²) in [5, 5.41) is 0. The van der Waals surface area contributed by atoms with Crippen LogP contribution in [0.3, 0.4) is 0 Å². The van der Waals surface area contributed by atoms with E-state index in [0.717, 1.165) is 23.1 Å². The van der Waals surface area contributed by atoms with Gasteiger partial charge in [-0.25, -0.2) is 14.2 Å². The molecule has 4 nitrogen and oxygen atoms in total. The molecule has 0 aromatic heterocycles. The summed E-state index contributed by atoms with van der Waals surface area (Å²) in [7, 11) is 1.58. The maximum atomic E-state index is 13.0. The molecular formula is C20H18FNO3. The highest BCUT2D eigenvalue weighted by Crippen LogP contribution is 2.25.